The largest absolute Gasteiger partial charge is 0.382 e. The number of hydrogen-bond acceptors (Lipinski definition) is 6. The standard InChI is InChI=1S/C26H23N7O2/c1-2-6-21(34)32-15-5-8-20(32)25-31-22(23-24(27)29-14-16-33(23)25)17-9-11-18(12-10-17)30-26(35)19-7-3-4-13-28-19/h3-4,7,9-14,16,20H,5,8,15H2,1H3,(H2,27,29)(H,30,35)/t20-/m0/s1. The monoisotopic (exact) mass is 465 g/mol. The summed E-state index contributed by atoms with van der Waals surface area (Å²) < 4.78 is 1.91. The van der Waals surface area contributed by atoms with Gasteiger partial charge in [-0.25, -0.2) is 9.97 Å². The number of nitrogens with two attached hydrogens (primary N) is 1. The zero-order chi connectivity index (χ0) is 24.4. The van der Waals surface area contributed by atoms with Gasteiger partial charge in [0.05, 0.1) is 6.04 Å². The number of amides is 2. The molecule has 1 aliphatic rings. The summed E-state index contributed by atoms with van der Waals surface area (Å²) in [7, 11) is 0. The fourth-order valence-corrected chi connectivity index (χ4v) is 4.38. The maximum atomic E-state index is 12.6. The number of likely N-dealkylation sites (tertiary alicyclic amines) is 1. The van der Waals surface area contributed by atoms with E-state index in [2.05, 4.69) is 27.1 Å². The van der Waals surface area contributed by atoms with Gasteiger partial charge in [-0.05, 0) is 50.0 Å². The highest BCUT2D eigenvalue weighted by atomic mass is 16.2. The number of nitrogens with zero attached hydrogens (tertiary/aromatic N) is 5. The quantitative estimate of drug-likeness (QED) is 0.447. The third-order valence-electron chi connectivity index (χ3n) is 5.97. The summed E-state index contributed by atoms with van der Waals surface area (Å²) in [4.78, 5) is 40.0. The Labute approximate surface area is 202 Å². The van der Waals surface area contributed by atoms with Gasteiger partial charge in [0.15, 0.2) is 0 Å². The number of carbonyl (C=O) groups is 2. The number of anilines is 2. The first kappa shape index (κ1) is 22.1. The van der Waals surface area contributed by atoms with Crippen LogP contribution in [0.3, 0.4) is 0 Å². The Morgan fingerprint density at radius 2 is 1.94 bits per heavy atom. The molecule has 9 nitrogen and oxygen atoms in total. The molecule has 5 rings (SSSR count). The van der Waals surface area contributed by atoms with Crippen LogP contribution in [0, 0.1) is 11.8 Å². The van der Waals surface area contributed by atoms with Crippen molar-refractivity contribution in [2.45, 2.75) is 25.8 Å². The Bertz CT molecular complexity index is 1470. The van der Waals surface area contributed by atoms with Crippen molar-refractivity contribution < 1.29 is 9.59 Å². The van der Waals surface area contributed by atoms with Crippen molar-refractivity contribution in [3.05, 3.63) is 72.6 Å². The first-order chi connectivity index (χ1) is 17.1. The van der Waals surface area contributed by atoms with E-state index in [1.807, 2.05) is 22.7 Å². The highest BCUT2D eigenvalue weighted by Gasteiger charge is 2.33. The van der Waals surface area contributed by atoms with Crippen molar-refractivity contribution in [3.8, 4) is 23.1 Å². The van der Waals surface area contributed by atoms with Gasteiger partial charge in [0.25, 0.3) is 11.8 Å². The molecule has 0 spiro atoms. The molecule has 1 aromatic carbocycles. The minimum absolute atomic E-state index is 0.205. The lowest BCUT2D eigenvalue weighted by Crippen LogP contribution is -2.30. The number of rotatable bonds is 4. The smallest absolute Gasteiger partial charge is 0.299 e. The maximum Gasteiger partial charge on any atom is 0.299 e. The number of nitrogens with one attached hydrogen (secondary N) is 1. The Balaban J connectivity index is 1.50. The predicted molar refractivity (Wildman–Crippen MR) is 132 cm³/mol. The van der Waals surface area contributed by atoms with Crippen LogP contribution in [0.2, 0.25) is 0 Å². The number of benzene rings is 1. The fraction of sp³-hybridized carbons (Fsp3) is 0.192. The average Bonchev–Trinajstić information content (AvgIpc) is 3.51. The van der Waals surface area contributed by atoms with Gasteiger partial charge in [-0.1, -0.05) is 24.1 Å². The molecule has 3 N–H and O–H groups in total. The molecular weight excluding hydrogens is 442 g/mol. The summed E-state index contributed by atoms with van der Waals surface area (Å²) in [5, 5.41) is 2.84. The second kappa shape index (κ2) is 9.27. The first-order valence-electron chi connectivity index (χ1n) is 11.3. The number of aromatic nitrogens is 4. The Kier molecular flexibility index (Phi) is 5.85. The average molecular weight is 466 g/mol. The summed E-state index contributed by atoms with van der Waals surface area (Å²) in [6, 6.07) is 12.3. The van der Waals surface area contributed by atoms with Gasteiger partial charge < -0.3 is 16.0 Å². The number of pyridine rings is 1. The van der Waals surface area contributed by atoms with Gasteiger partial charge in [0, 0.05) is 36.4 Å². The predicted octanol–water partition coefficient (Wildman–Crippen LogP) is 3.31. The van der Waals surface area contributed by atoms with Gasteiger partial charge in [0.2, 0.25) is 0 Å². The number of imidazole rings is 1. The van der Waals surface area contributed by atoms with E-state index in [0.29, 0.717) is 35.0 Å². The Morgan fingerprint density at radius 1 is 1.11 bits per heavy atom. The summed E-state index contributed by atoms with van der Waals surface area (Å²) in [5.74, 6) is 5.91. The molecule has 174 valence electrons. The van der Waals surface area contributed by atoms with Crippen molar-refractivity contribution in [2.75, 3.05) is 17.6 Å². The molecule has 0 saturated carbocycles. The van der Waals surface area contributed by atoms with Crippen LogP contribution in [0.4, 0.5) is 11.5 Å². The summed E-state index contributed by atoms with van der Waals surface area (Å²) >= 11 is 0. The molecule has 0 bridgehead atoms. The molecule has 35 heavy (non-hydrogen) atoms. The highest BCUT2D eigenvalue weighted by Crippen LogP contribution is 2.36. The topological polar surface area (TPSA) is 119 Å². The lowest BCUT2D eigenvalue weighted by molar-refractivity contribution is -0.126. The second-order valence-corrected chi connectivity index (χ2v) is 8.13. The molecule has 4 heterocycles. The molecule has 1 saturated heterocycles. The minimum Gasteiger partial charge on any atom is -0.382 e. The van der Waals surface area contributed by atoms with Crippen LogP contribution in [0.1, 0.15) is 42.1 Å². The lowest BCUT2D eigenvalue weighted by atomic mass is 10.1. The maximum absolute atomic E-state index is 12.6. The van der Waals surface area contributed by atoms with Crippen molar-refractivity contribution in [3.63, 3.8) is 0 Å². The Hall–Kier alpha value is -4.71. The highest BCUT2D eigenvalue weighted by molar-refractivity contribution is 6.03. The second-order valence-electron chi connectivity index (χ2n) is 8.13. The molecule has 0 unspecified atom stereocenters. The van der Waals surface area contributed by atoms with Gasteiger partial charge in [-0.2, -0.15) is 0 Å². The van der Waals surface area contributed by atoms with Crippen LogP contribution in [0.5, 0.6) is 0 Å². The summed E-state index contributed by atoms with van der Waals surface area (Å²) in [6.45, 7) is 2.29. The van der Waals surface area contributed by atoms with Gasteiger partial charge in [0.1, 0.15) is 28.5 Å². The molecule has 3 aromatic heterocycles. The fourth-order valence-electron chi connectivity index (χ4n) is 4.38. The van der Waals surface area contributed by atoms with E-state index in [9.17, 15) is 9.59 Å². The number of carbonyl (C=O) groups excluding carboxylic acids is 2. The zero-order valence-corrected chi connectivity index (χ0v) is 19.1. The molecule has 4 aromatic rings. The molecule has 1 atom stereocenters. The van der Waals surface area contributed by atoms with Crippen LogP contribution in [0.15, 0.2) is 61.1 Å². The van der Waals surface area contributed by atoms with Crippen LogP contribution in [-0.2, 0) is 4.79 Å². The summed E-state index contributed by atoms with van der Waals surface area (Å²) in [6.07, 6.45) is 6.67. The lowest BCUT2D eigenvalue weighted by Gasteiger charge is -2.21. The van der Waals surface area contributed by atoms with Crippen molar-refractivity contribution in [1.29, 1.82) is 0 Å². The Morgan fingerprint density at radius 3 is 2.69 bits per heavy atom. The molecule has 2 amide bonds. The SMILES string of the molecule is CC#CC(=O)N1CCC[C@H]1c1nc(-c2ccc(NC(=O)c3ccccn3)cc2)c2c(N)nccn12. The van der Waals surface area contributed by atoms with Crippen LogP contribution in [-0.4, -0.2) is 42.6 Å². The van der Waals surface area contributed by atoms with E-state index in [-0.39, 0.29) is 17.9 Å². The number of fused-ring (bicyclic) bond motifs is 1. The van der Waals surface area contributed by atoms with E-state index < -0.39 is 0 Å². The van der Waals surface area contributed by atoms with Gasteiger partial charge in [-0.3, -0.25) is 19.0 Å². The zero-order valence-electron chi connectivity index (χ0n) is 19.1. The number of hydrogen-bond donors (Lipinski definition) is 2. The normalized spacial score (nSPS) is 15.0. The third kappa shape index (κ3) is 4.17. The van der Waals surface area contributed by atoms with Gasteiger partial charge >= 0.3 is 0 Å². The van der Waals surface area contributed by atoms with Crippen LogP contribution in [0.25, 0.3) is 16.8 Å². The van der Waals surface area contributed by atoms with Gasteiger partial charge in [-0.15, -0.1) is 0 Å². The molecular formula is C26H23N7O2. The van der Waals surface area contributed by atoms with Crippen LogP contribution >= 0.6 is 0 Å². The minimum atomic E-state index is -0.289. The van der Waals surface area contributed by atoms with Crippen molar-refractivity contribution in [2.24, 2.45) is 0 Å². The molecule has 0 aliphatic carbocycles. The van der Waals surface area contributed by atoms with E-state index in [1.165, 1.54) is 0 Å². The molecule has 0 radical (unpaired) electrons. The first-order valence-corrected chi connectivity index (χ1v) is 11.3. The van der Waals surface area contributed by atoms with Crippen LogP contribution < -0.4 is 11.1 Å². The van der Waals surface area contributed by atoms with E-state index >= 15 is 0 Å². The summed E-state index contributed by atoms with van der Waals surface area (Å²) in [5.41, 5.74) is 9.39. The van der Waals surface area contributed by atoms with E-state index in [1.54, 1.807) is 54.5 Å². The number of nitrogen functional groups attached to an aromatic ring is 1. The van der Waals surface area contributed by atoms with Crippen molar-refractivity contribution in [1.82, 2.24) is 24.3 Å². The molecule has 1 fully saturated rings. The van der Waals surface area contributed by atoms with Crippen molar-refractivity contribution >= 4 is 28.8 Å². The van der Waals surface area contributed by atoms with E-state index in [0.717, 1.165) is 24.2 Å². The third-order valence-corrected chi connectivity index (χ3v) is 5.97. The van der Waals surface area contributed by atoms with E-state index in [4.69, 9.17) is 10.7 Å². The molecule has 9 heteroatoms. The molecule has 1 aliphatic heterocycles.